The van der Waals surface area contributed by atoms with E-state index in [2.05, 4.69) is 64.3 Å². The van der Waals surface area contributed by atoms with Crippen LogP contribution in [0.3, 0.4) is 0 Å². The minimum absolute atomic E-state index is 0.224. The van der Waals surface area contributed by atoms with Gasteiger partial charge in [0.25, 0.3) is 5.62 Å². The van der Waals surface area contributed by atoms with Crippen molar-refractivity contribution in [2.45, 2.75) is 6.92 Å². The third-order valence-corrected chi connectivity index (χ3v) is 6.10. The van der Waals surface area contributed by atoms with Crippen LogP contribution in [-0.4, -0.2) is 92.5 Å². The summed E-state index contributed by atoms with van der Waals surface area (Å²) in [6, 6.07) is 8.17. The highest BCUT2D eigenvalue weighted by molar-refractivity contribution is 5.61. The zero-order valence-electron chi connectivity index (χ0n) is 20.8. The zero-order valence-corrected chi connectivity index (χ0v) is 20.8. The number of anilines is 3. The molecule has 1 aliphatic rings. The molecular weight excluding hydrogens is 476 g/mol. The average molecular weight is 507 g/mol. The van der Waals surface area contributed by atoms with E-state index in [0.29, 0.717) is 42.2 Å². The molecular formula is C24H30N10O3. The van der Waals surface area contributed by atoms with Crippen LogP contribution in [0.25, 0.3) is 11.7 Å². The van der Waals surface area contributed by atoms with Gasteiger partial charge in [-0.05, 0) is 44.3 Å². The van der Waals surface area contributed by atoms with E-state index in [1.165, 1.54) is 10.2 Å². The first-order valence-electron chi connectivity index (χ1n) is 12.2. The van der Waals surface area contributed by atoms with Gasteiger partial charge in [0, 0.05) is 49.4 Å². The molecule has 13 heteroatoms. The van der Waals surface area contributed by atoms with Crippen molar-refractivity contribution < 1.29 is 9.84 Å². The predicted octanol–water partition coefficient (Wildman–Crippen LogP) is -0.173. The lowest BCUT2D eigenvalue weighted by molar-refractivity contribution is 0.155. The third kappa shape index (κ3) is 5.62. The number of H-pyrrole nitrogens is 2. The molecule has 0 radical (unpaired) electrons. The Labute approximate surface area is 212 Å². The standard InChI is InChI=1S/C24H30N10O3/c1-3-37-13-8-25-23-31-22(27-17-4-6-18(7-5-17)33-11-9-32(2)10-12-33)29-20-16(15-26-34(20)23)14-19-21(35)30-24(36)28-19/h4-7,14-15,35H,3,8-13H2,1-2H3,(H,25,27,31)(H2,28,30,36)/b16-14-. The van der Waals surface area contributed by atoms with Gasteiger partial charge >= 0.3 is 5.69 Å². The number of nitrogens with one attached hydrogen (secondary N) is 3. The fourth-order valence-electron chi connectivity index (χ4n) is 4.09. The number of fused-ring (bicyclic) bond motifs is 1. The number of nitrogens with zero attached hydrogens (tertiary/aromatic N) is 7. The van der Waals surface area contributed by atoms with E-state index in [9.17, 15) is 9.90 Å². The summed E-state index contributed by atoms with van der Waals surface area (Å²) in [6.07, 6.45) is 3.16. The van der Waals surface area contributed by atoms with Crippen LogP contribution in [0.2, 0.25) is 0 Å². The quantitative estimate of drug-likeness (QED) is 0.239. The Morgan fingerprint density at radius 3 is 2.65 bits per heavy atom. The van der Waals surface area contributed by atoms with Gasteiger partial charge in [0.1, 0.15) is 5.69 Å². The molecule has 0 unspecified atom stereocenters. The lowest BCUT2D eigenvalue weighted by Crippen LogP contribution is -2.44. The molecule has 3 aromatic heterocycles. The minimum Gasteiger partial charge on any atom is -0.493 e. The molecule has 4 N–H and O–H groups in total. The highest BCUT2D eigenvalue weighted by Crippen LogP contribution is 2.20. The van der Waals surface area contributed by atoms with E-state index in [1.807, 2.05) is 19.1 Å². The van der Waals surface area contributed by atoms with Crippen LogP contribution in [0.5, 0.6) is 5.88 Å². The van der Waals surface area contributed by atoms with Gasteiger partial charge in [-0.25, -0.2) is 9.79 Å². The van der Waals surface area contributed by atoms with Crippen molar-refractivity contribution in [3.8, 4) is 5.88 Å². The van der Waals surface area contributed by atoms with E-state index in [0.717, 1.165) is 31.9 Å². The minimum atomic E-state index is -0.510. The van der Waals surface area contributed by atoms with Crippen molar-refractivity contribution in [3.05, 3.63) is 57.5 Å². The maximum atomic E-state index is 11.5. The van der Waals surface area contributed by atoms with E-state index in [4.69, 9.17) is 4.74 Å². The van der Waals surface area contributed by atoms with Crippen LogP contribution in [0, 0.1) is 0 Å². The smallest absolute Gasteiger partial charge is 0.326 e. The normalized spacial score (nSPS) is 15.7. The second-order valence-electron chi connectivity index (χ2n) is 8.71. The van der Waals surface area contributed by atoms with Gasteiger partial charge in [-0.3, -0.25) is 4.98 Å². The molecule has 1 aliphatic heterocycles. The number of likely N-dealkylation sites (N-methyl/N-ethyl adjacent to an activating group) is 1. The van der Waals surface area contributed by atoms with Crippen LogP contribution >= 0.6 is 0 Å². The van der Waals surface area contributed by atoms with Gasteiger partial charge in [-0.1, -0.05) is 0 Å². The first kappa shape index (κ1) is 24.5. The van der Waals surface area contributed by atoms with Gasteiger partial charge in [0.2, 0.25) is 11.8 Å². The summed E-state index contributed by atoms with van der Waals surface area (Å²) < 4.78 is 6.91. The zero-order chi connectivity index (χ0) is 25.8. The van der Waals surface area contributed by atoms with Crippen molar-refractivity contribution in [2.75, 3.05) is 63.2 Å². The Hall–Kier alpha value is -4.23. The molecule has 0 saturated carbocycles. The summed E-state index contributed by atoms with van der Waals surface area (Å²) in [6.45, 7) is 7.48. The summed E-state index contributed by atoms with van der Waals surface area (Å²) in [5, 5.41) is 18.2. The molecule has 0 amide bonds. The molecule has 0 aliphatic carbocycles. The number of aromatic amines is 2. The summed E-state index contributed by atoms with van der Waals surface area (Å²) >= 11 is 0. The monoisotopic (exact) mass is 506 g/mol. The Kier molecular flexibility index (Phi) is 7.14. The number of rotatable bonds is 8. The van der Waals surface area contributed by atoms with Crippen molar-refractivity contribution in [1.82, 2.24) is 34.4 Å². The number of aromatic nitrogens is 6. The van der Waals surface area contributed by atoms with Gasteiger partial charge in [0.05, 0.1) is 19.3 Å². The highest BCUT2D eigenvalue weighted by Gasteiger charge is 2.14. The van der Waals surface area contributed by atoms with E-state index in [1.54, 1.807) is 12.3 Å². The van der Waals surface area contributed by atoms with Crippen molar-refractivity contribution in [3.63, 3.8) is 0 Å². The second kappa shape index (κ2) is 10.8. The van der Waals surface area contributed by atoms with Crippen LogP contribution in [0.1, 0.15) is 12.6 Å². The van der Waals surface area contributed by atoms with E-state index >= 15 is 0 Å². The van der Waals surface area contributed by atoms with Crippen LogP contribution < -0.4 is 26.7 Å². The molecule has 1 aromatic carbocycles. The maximum Gasteiger partial charge on any atom is 0.326 e. The Balaban J connectivity index is 1.48. The van der Waals surface area contributed by atoms with Gasteiger partial charge in [-0.15, -0.1) is 0 Å². The summed E-state index contributed by atoms with van der Waals surface area (Å²) in [5.41, 5.74) is 2.54. The number of hydrogen-bond donors (Lipinski definition) is 4. The van der Waals surface area contributed by atoms with Crippen molar-refractivity contribution in [2.24, 2.45) is 4.99 Å². The van der Waals surface area contributed by atoms with Crippen molar-refractivity contribution in [1.29, 1.82) is 0 Å². The number of imidazole rings is 1. The lowest BCUT2D eigenvalue weighted by Gasteiger charge is -2.34. The topological polar surface area (TPSA) is 152 Å². The predicted molar refractivity (Wildman–Crippen MR) is 139 cm³/mol. The number of ether oxygens (including phenoxy) is 1. The highest BCUT2D eigenvalue weighted by atomic mass is 16.5. The number of piperazine rings is 1. The van der Waals surface area contributed by atoms with Crippen LogP contribution in [-0.2, 0) is 4.74 Å². The number of aromatic hydroxyl groups is 1. The Morgan fingerprint density at radius 2 is 1.95 bits per heavy atom. The fourth-order valence-corrected chi connectivity index (χ4v) is 4.09. The molecule has 0 atom stereocenters. The Morgan fingerprint density at radius 1 is 1.16 bits per heavy atom. The maximum absolute atomic E-state index is 11.5. The molecule has 5 rings (SSSR count). The molecule has 13 nitrogen and oxygen atoms in total. The molecule has 194 valence electrons. The second-order valence-corrected chi connectivity index (χ2v) is 8.71. The van der Waals surface area contributed by atoms with Crippen LogP contribution in [0.4, 0.5) is 17.3 Å². The summed E-state index contributed by atoms with van der Waals surface area (Å²) in [5.74, 6) is 0.0794. The molecule has 37 heavy (non-hydrogen) atoms. The molecule has 4 heterocycles. The van der Waals surface area contributed by atoms with Gasteiger partial charge in [0.15, 0.2) is 5.65 Å². The Bertz CT molecular complexity index is 1530. The molecule has 1 fully saturated rings. The molecule has 1 saturated heterocycles. The molecule has 0 spiro atoms. The molecule has 4 aromatic rings. The lowest BCUT2D eigenvalue weighted by atomic mass is 10.2. The SMILES string of the molecule is CCOCCN=c1nc(Nc2ccc(N3CCN(C)CC3)cc2)nc2/c(=C\c3[nH]c(=O)[nH]c3O)cnn12. The fraction of sp³-hybridized carbons (Fsp3) is 0.375. The van der Waals surface area contributed by atoms with Gasteiger partial charge < -0.3 is 29.9 Å². The van der Waals surface area contributed by atoms with E-state index in [-0.39, 0.29) is 11.6 Å². The first-order chi connectivity index (χ1) is 18.0. The van der Waals surface area contributed by atoms with E-state index < -0.39 is 5.69 Å². The number of hydrogen-bond acceptors (Lipinski definition) is 10. The largest absolute Gasteiger partial charge is 0.493 e. The molecule has 0 bridgehead atoms. The van der Waals surface area contributed by atoms with Crippen molar-refractivity contribution >= 4 is 29.0 Å². The number of benzene rings is 1. The third-order valence-electron chi connectivity index (χ3n) is 6.10. The first-order valence-corrected chi connectivity index (χ1v) is 12.2. The van der Waals surface area contributed by atoms with Gasteiger partial charge in [-0.2, -0.15) is 19.6 Å². The summed E-state index contributed by atoms with van der Waals surface area (Å²) in [4.78, 5) is 34.8. The average Bonchev–Trinajstić information content (AvgIpc) is 3.44. The summed E-state index contributed by atoms with van der Waals surface area (Å²) in [7, 11) is 2.14. The van der Waals surface area contributed by atoms with Crippen LogP contribution in [0.15, 0.2) is 40.2 Å².